The largest absolute Gasteiger partial charge is 0.356 e. The highest BCUT2D eigenvalue weighted by atomic mass is 16.1. The van der Waals surface area contributed by atoms with Gasteiger partial charge in [-0.3, -0.25) is 9.69 Å². The number of allylic oxidation sites excluding steroid dienone is 4. The topological polar surface area (TPSA) is 58.4 Å². The Hall–Kier alpha value is -1.13. The van der Waals surface area contributed by atoms with E-state index >= 15 is 0 Å². The Morgan fingerprint density at radius 1 is 0.844 bits per heavy atom. The molecule has 0 bridgehead atoms. The zero-order valence-corrected chi connectivity index (χ0v) is 22.0. The molecule has 0 rings (SSSR count). The number of nitrogens with two attached hydrogens (primary N) is 1. The van der Waals surface area contributed by atoms with Gasteiger partial charge in [-0.2, -0.15) is 0 Å². The van der Waals surface area contributed by atoms with Crippen molar-refractivity contribution < 1.29 is 4.79 Å². The molecular formula is C28H55N3O. The molecule has 0 heterocycles. The maximum atomic E-state index is 12.1. The van der Waals surface area contributed by atoms with E-state index in [1.807, 2.05) is 0 Å². The summed E-state index contributed by atoms with van der Waals surface area (Å²) in [5.74, 6) is 0.194. The molecule has 4 nitrogen and oxygen atoms in total. The summed E-state index contributed by atoms with van der Waals surface area (Å²) in [6, 6.07) is 0. The molecular weight excluding hydrogens is 394 g/mol. The quantitative estimate of drug-likeness (QED) is 0.105. The van der Waals surface area contributed by atoms with Crippen LogP contribution in [0.2, 0.25) is 0 Å². The number of hydrogen-bond donors (Lipinski definition) is 2. The first kappa shape index (κ1) is 30.9. The first-order chi connectivity index (χ1) is 15.5. The zero-order valence-electron chi connectivity index (χ0n) is 22.0. The lowest BCUT2D eigenvalue weighted by Crippen LogP contribution is -2.49. The van der Waals surface area contributed by atoms with Gasteiger partial charge >= 0.3 is 0 Å². The predicted molar refractivity (Wildman–Crippen MR) is 142 cm³/mol. The molecule has 0 unspecified atom stereocenters. The van der Waals surface area contributed by atoms with Crippen molar-refractivity contribution in [3.63, 3.8) is 0 Å². The van der Waals surface area contributed by atoms with Gasteiger partial charge in [-0.05, 0) is 71.8 Å². The van der Waals surface area contributed by atoms with E-state index in [0.717, 1.165) is 38.8 Å². The summed E-state index contributed by atoms with van der Waals surface area (Å²) in [5.41, 5.74) is 5.96. The molecule has 4 heteroatoms. The van der Waals surface area contributed by atoms with Crippen molar-refractivity contribution in [2.75, 3.05) is 19.8 Å². The minimum Gasteiger partial charge on any atom is -0.356 e. The molecule has 0 atom stereocenters. The molecule has 188 valence electrons. The Bertz CT molecular complexity index is 485. The SMILES string of the molecule is CCCCC/C=C\C/C=C\CCCCCCCC(=O)NCCC(C)(C)N(CN)CCCC. The van der Waals surface area contributed by atoms with Crippen LogP contribution in [0.4, 0.5) is 0 Å². The number of carbonyl (C=O) groups excluding carboxylic acids is 1. The molecule has 1 amide bonds. The highest BCUT2D eigenvalue weighted by molar-refractivity contribution is 5.75. The van der Waals surface area contributed by atoms with Crippen LogP contribution in [0.1, 0.15) is 124 Å². The molecule has 0 aromatic rings. The summed E-state index contributed by atoms with van der Waals surface area (Å²) in [7, 11) is 0. The van der Waals surface area contributed by atoms with Crippen LogP contribution in [0.3, 0.4) is 0 Å². The first-order valence-corrected chi connectivity index (χ1v) is 13.5. The van der Waals surface area contributed by atoms with Crippen molar-refractivity contribution in [1.29, 1.82) is 0 Å². The van der Waals surface area contributed by atoms with Crippen molar-refractivity contribution >= 4 is 5.91 Å². The molecule has 0 aromatic carbocycles. The van der Waals surface area contributed by atoms with Crippen molar-refractivity contribution in [1.82, 2.24) is 10.2 Å². The maximum Gasteiger partial charge on any atom is 0.219 e. The van der Waals surface area contributed by atoms with E-state index in [2.05, 4.69) is 62.2 Å². The average molecular weight is 450 g/mol. The second kappa shape index (κ2) is 21.7. The minimum atomic E-state index is 0.0244. The van der Waals surface area contributed by atoms with Gasteiger partial charge in [0.05, 0.1) is 0 Å². The van der Waals surface area contributed by atoms with Crippen molar-refractivity contribution in [3.8, 4) is 0 Å². The van der Waals surface area contributed by atoms with Crippen LogP contribution in [0, 0.1) is 0 Å². The molecule has 0 saturated carbocycles. The molecule has 0 aromatic heterocycles. The van der Waals surface area contributed by atoms with Crippen LogP contribution in [0.5, 0.6) is 0 Å². The number of nitrogens with one attached hydrogen (secondary N) is 1. The Morgan fingerprint density at radius 3 is 2.06 bits per heavy atom. The lowest BCUT2D eigenvalue weighted by molar-refractivity contribution is -0.121. The third-order valence-electron chi connectivity index (χ3n) is 6.27. The van der Waals surface area contributed by atoms with Gasteiger partial charge in [-0.25, -0.2) is 0 Å². The van der Waals surface area contributed by atoms with Gasteiger partial charge in [0.1, 0.15) is 0 Å². The summed E-state index contributed by atoms with van der Waals surface area (Å²) in [6.07, 6.45) is 26.5. The van der Waals surface area contributed by atoms with E-state index in [4.69, 9.17) is 5.73 Å². The van der Waals surface area contributed by atoms with Gasteiger partial charge in [0.25, 0.3) is 0 Å². The molecule has 0 radical (unpaired) electrons. The fraction of sp³-hybridized carbons (Fsp3) is 0.821. The maximum absolute atomic E-state index is 12.1. The molecule has 0 fully saturated rings. The molecule has 0 aliphatic rings. The predicted octanol–water partition coefficient (Wildman–Crippen LogP) is 7.10. The smallest absolute Gasteiger partial charge is 0.219 e. The van der Waals surface area contributed by atoms with Crippen molar-refractivity contribution in [3.05, 3.63) is 24.3 Å². The molecule has 3 N–H and O–H groups in total. The fourth-order valence-corrected chi connectivity index (χ4v) is 3.84. The first-order valence-electron chi connectivity index (χ1n) is 13.5. The average Bonchev–Trinajstić information content (AvgIpc) is 2.76. The summed E-state index contributed by atoms with van der Waals surface area (Å²) in [4.78, 5) is 14.4. The molecule has 0 aliphatic carbocycles. The van der Waals surface area contributed by atoms with Gasteiger partial charge < -0.3 is 11.1 Å². The van der Waals surface area contributed by atoms with Gasteiger partial charge in [0.15, 0.2) is 0 Å². The summed E-state index contributed by atoms with van der Waals surface area (Å²) >= 11 is 0. The van der Waals surface area contributed by atoms with Gasteiger partial charge in [-0.1, -0.05) is 76.7 Å². The summed E-state index contributed by atoms with van der Waals surface area (Å²) < 4.78 is 0. The standard InChI is InChI=1S/C28H55N3O/c1-5-7-9-10-11-12-13-14-15-16-17-18-19-20-21-22-27(32)30-24-23-28(3,4)31(26-29)25-8-6-2/h11-12,14-15H,5-10,13,16-26,29H2,1-4H3,(H,30,32)/b12-11-,15-14-. The molecule has 0 aliphatic heterocycles. The molecule has 0 saturated heterocycles. The zero-order chi connectivity index (χ0) is 23.9. The van der Waals surface area contributed by atoms with Gasteiger partial charge in [0, 0.05) is 25.2 Å². The third-order valence-corrected chi connectivity index (χ3v) is 6.27. The number of nitrogens with zero attached hydrogens (tertiary/aromatic N) is 1. The Morgan fingerprint density at radius 2 is 1.44 bits per heavy atom. The number of rotatable bonds is 22. The summed E-state index contributed by atoms with van der Waals surface area (Å²) in [5, 5.41) is 3.10. The van der Waals surface area contributed by atoms with Crippen molar-refractivity contribution in [2.24, 2.45) is 5.73 Å². The van der Waals surface area contributed by atoms with E-state index < -0.39 is 0 Å². The lowest BCUT2D eigenvalue weighted by Gasteiger charge is -2.38. The highest BCUT2D eigenvalue weighted by Crippen LogP contribution is 2.18. The fourth-order valence-electron chi connectivity index (χ4n) is 3.84. The lowest BCUT2D eigenvalue weighted by atomic mass is 9.98. The number of hydrogen-bond acceptors (Lipinski definition) is 3. The van der Waals surface area contributed by atoms with Crippen LogP contribution < -0.4 is 11.1 Å². The Balaban J connectivity index is 3.63. The third kappa shape index (κ3) is 18.4. The van der Waals surface area contributed by atoms with Crippen LogP contribution in [0.15, 0.2) is 24.3 Å². The van der Waals surface area contributed by atoms with E-state index in [9.17, 15) is 4.79 Å². The van der Waals surface area contributed by atoms with Crippen molar-refractivity contribution in [2.45, 2.75) is 130 Å². The molecule has 0 spiro atoms. The van der Waals surface area contributed by atoms with E-state index in [-0.39, 0.29) is 11.4 Å². The second-order valence-electron chi connectivity index (χ2n) is 9.69. The minimum absolute atomic E-state index is 0.0244. The van der Waals surface area contributed by atoms with Crippen LogP contribution in [-0.4, -0.2) is 36.1 Å². The van der Waals surface area contributed by atoms with Crippen LogP contribution in [-0.2, 0) is 4.79 Å². The highest BCUT2D eigenvalue weighted by Gasteiger charge is 2.24. The Labute approximate surface area is 200 Å². The molecule has 32 heavy (non-hydrogen) atoms. The normalized spacial score (nSPS) is 12.4. The number of carbonyl (C=O) groups is 1. The summed E-state index contributed by atoms with van der Waals surface area (Å²) in [6.45, 7) is 11.2. The van der Waals surface area contributed by atoms with Crippen LogP contribution >= 0.6 is 0 Å². The van der Waals surface area contributed by atoms with Crippen LogP contribution in [0.25, 0.3) is 0 Å². The van der Waals surface area contributed by atoms with Gasteiger partial charge in [0.2, 0.25) is 5.91 Å². The van der Waals surface area contributed by atoms with E-state index in [1.165, 1.54) is 64.2 Å². The van der Waals surface area contributed by atoms with E-state index in [1.54, 1.807) is 0 Å². The monoisotopic (exact) mass is 449 g/mol. The number of amides is 1. The second-order valence-corrected chi connectivity index (χ2v) is 9.69. The number of unbranched alkanes of at least 4 members (excludes halogenated alkanes) is 9. The van der Waals surface area contributed by atoms with E-state index in [0.29, 0.717) is 13.1 Å². The van der Waals surface area contributed by atoms with Gasteiger partial charge in [-0.15, -0.1) is 0 Å². The Kier molecular flexibility index (Phi) is 20.9.